The monoisotopic (exact) mass is 814 g/mol. The van der Waals surface area contributed by atoms with Crippen LogP contribution in [0.2, 0.25) is 0 Å². The SMILES string of the molecule is C=c1nc2c(c(=O)[nH]1)=Nc1cc(C)c(C)cc1N2CC(=O)NCCP(=O)(O)O.C=c1nc2c(c(=O)[nH]1)=Nc1cc(C)c(NC3CC3)cc1N2CCCCCCC(=O)O. The summed E-state index contributed by atoms with van der Waals surface area (Å²) in [5, 5.41) is 15.2. The van der Waals surface area contributed by atoms with Gasteiger partial charge in [0.25, 0.3) is 11.1 Å². The summed E-state index contributed by atoms with van der Waals surface area (Å²) in [4.78, 5) is 92.2. The van der Waals surface area contributed by atoms with Gasteiger partial charge in [0.05, 0.1) is 28.9 Å². The van der Waals surface area contributed by atoms with E-state index in [9.17, 15) is 23.7 Å². The fourth-order valence-electron chi connectivity index (χ4n) is 6.56. The summed E-state index contributed by atoms with van der Waals surface area (Å²) in [6.45, 7) is 13.6. The van der Waals surface area contributed by atoms with Gasteiger partial charge in [-0.1, -0.05) is 26.0 Å². The van der Waals surface area contributed by atoms with Crippen LogP contribution in [0.25, 0.3) is 13.2 Å². The van der Waals surface area contributed by atoms with Gasteiger partial charge in [0.2, 0.25) is 5.91 Å². The molecule has 0 radical (unpaired) electrons. The van der Waals surface area contributed by atoms with Crippen molar-refractivity contribution in [3.05, 3.63) is 83.3 Å². The van der Waals surface area contributed by atoms with Gasteiger partial charge in [-0.2, -0.15) is 0 Å². The summed E-state index contributed by atoms with van der Waals surface area (Å²) in [5.41, 5.74) is 6.66. The van der Waals surface area contributed by atoms with Crippen LogP contribution in [-0.4, -0.2) is 78.5 Å². The van der Waals surface area contributed by atoms with E-state index in [4.69, 9.17) is 14.9 Å². The largest absolute Gasteiger partial charge is 0.481 e. The minimum atomic E-state index is -4.21. The number of hydrogen-bond acceptors (Lipinski definition) is 12. The summed E-state index contributed by atoms with van der Waals surface area (Å²) >= 11 is 0. The molecule has 0 unspecified atom stereocenters. The van der Waals surface area contributed by atoms with Crippen LogP contribution in [0, 0.1) is 20.8 Å². The van der Waals surface area contributed by atoms with Crippen LogP contribution in [0.1, 0.15) is 61.6 Å². The number of rotatable bonds is 14. The summed E-state index contributed by atoms with van der Waals surface area (Å²) < 4.78 is 10.9. The van der Waals surface area contributed by atoms with Crippen LogP contribution >= 0.6 is 7.60 Å². The predicted molar refractivity (Wildman–Crippen MR) is 220 cm³/mol. The molecular weight excluding hydrogens is 767 g/mol. The van der Waals surface area contributed by atoms with E-state index in [-0.39, 0.29) is 41.7 Å². The van der Waals surface area contributed by atoms with Crippen LogP contribution in [-0.2, 0) is 14.2 Å². The van der Waals surface area contributed by atoms with Crippen LogP contribution in [0.5, 0.6) is 0 Å². The number of nitrogens with zero attached hydrogens (tertiary/aromatic N) is 6. The van der Waals surface area contributed by atoms with Gasteiger partial charge in [-0.15, -0.1) is 0 Å². The lowest BCUT2D eigenvalue weighted by Crippen LogP contribution is -2.45. The second-order valence-corrected chi connectivity index (χ2v) is 16.4. The Kier molecular flexibility index (Phi) is 12.4. The Morgan fingerprint density at radius 2 is 1.38 bits per heavy atom. The number of carbonyl (C=O) groups excluding carboxylic acids is 1. The molecule has 3 aliphatic rings. The van der Waals surface area contributed by atoms with Crippen molar-refractivity contribution in [3.8, 4) is 0 Å². The Hall–Kier alpha value is -5.97. The Bertz CT molecular complexity index is 2670. The minimum Gasteiger partial charge on any atom is -0.481 e. The summed E-state index contributed by atoms with van der Waals surface area (Å²) in [7, 11) is -4.21. The van der Waals surface area contributed by atoms with E-state index in [1.807, 2.05) is 39.0 Å². The topological polar surface area (TPSA) is 259 Å². The van der Waals surface area contributed by atoms with Crippen LogP contribution in [0.4, 0.5) is 40.1 Å². The molecule has 0 spiro atoms. The number of aromatic amines is 2. The van der Waals surface area contributed by atoms with E-state index >= 15 is 0 Å². The zero-order valence-corrected chi connectivity index (χ0v) is 33.5. The molecule has 0 atom stereocenters. The van der Waals surface area contributed by atoms with Crippen molar-refractivity contribution in [3.63, 3.8) is 0 Å². The summed E-state index contributed by atoms with van der Waals surface area (Å²) in [6.07, 6.45) is 5.41. The van der Waals surface area contributed by atoms with Crippen molar-refractivity contribution in [1.82, 2.24) is 25.3 Å². The number of unbranched alkanes of at least 4 members (excludes halogenated alkanes) is 3. The number of fused-ring (bicyclic) bond motifs is 4. The molecular formula is C39H47N10O8P. The highest BCUT2D eigenvalue weighted by Gasteiger charge is 2.28. The number of aromatic nitrogens is 4. The van der Waals surface area contributed by atoms with E-state index in [2.05, 4.69) is 64.7 Å². The fourth-order valence-corrected chi connectivity index (χ4v) is 6.96. The summed E-state index contributed by atoms with van der Waals surface area (Å²) in [6, 6.07) is 8.33. The molecule has 4 aromatic rings. The number of aliphatic carboxylic acids is 1. The molecule has 58 heavy (non-hydrogen) atoms. The fraction of sp³-hybridized carbons (Fsp3) is 0.385. The number of H-pyrrole nitrogens is 2. The first-order valence-corrected chi connectivity index (χ1v) is 20.7. The zero-order valence-electron chi connectivity index (χ0n) is 32.6. The Morgan fingerprint density at radius 1 is 0.828 bits per heavy atom. The molecule has 7 rings (SSSR count). The van der Waals surface area contributed by atoms with Gasteiger partial charge in [0.15, 0.2) is 22.4 Å². The number of benzene rings is 2. The third kappa shape index (κ3) is 10.1. The molecule has 18 nitrogen and oxygen atoms in total. The number of carbonyl (C=O) groups is 2. The van der Waals surface area contributed by atoms with Crippen LogP contribution in [0.3, 0.4) is 0 Å². The lowest BCUT2D eigenvalue weighted by Gasteiger charge is -2.29. The number of nitrogens with one attached hydrogen (secondary N) is 4. The van der Waals surface area contributed by atoms with E-state index in [1.165, 1.54) is 12.8 Å². The number of carboxylic acid groups (broad SMARTS) is 1. The van der Waals surface area contributed by atoms with E-state index in [0.29, 0.717) is 47.0 Å². The Labute approximate surface area is 332 Å². The van der Waals surface area contributed by atoms with E-state index in [1.54, 1.807) is 4.90 Å². The van der Waals surface area contributed by atoms with Crippen molar-refractivity contribution >= 4 is 72.7 Å². The predicted octanol–water partition coefficient (Wildman–Crippen LogP) is 1.99. The molecule has 4 heterocycles. The first-order chi connectivity index (χ1) is 27.5. The maximum atomic E-state index is 12.5. The number of aryl methyl sites for hydroxylation is 3. The number of carboxylic acids is 1. The molecule has 1 amide bonds. The average molecular weight is 815 g/mol. The Morgan fingerprint density at radius 3 is 1.97 bits per heavy atom. The van der Waals surface area contributed by atoms with Gasteiger partial charge >= 0.3 is 13.6 Å². The zero-order chi connectivity index (χ0) is 41.9. The molecule has 1 saturated carbocycles. The van der Waals surface area contributed by atoms with Crippen molar-refractivity contribution in [2.45, 2.75) is 71.8 Å². The number of hydrogen-bond donors (Lipinski definition) is 7. The van der Waals surface area contributed by atoms with Gasteiger partial charge in [-0.25, -0.2) is 20.0 Å². The van der Waals surface area contributed by atoms with Crippen molar-refractivity contribution in [1.29, 1.82) is 0 Å². The molecule has 7 N–H and O–H groups in total. The van der Waals surface area contributed by atoms with Crippen molar-refractivity contribution in [2.75, 3.05) is 40.9 Å². The molecule has 1 aliphatic carbocycles. The maximum Gasteiger partial charge on any atom is 0.327 e. The molecule has 306 valence electrons. The second-order valence-electron chi connectivity index (χ2n) is 14.6. The quantitative estimate of drug-likeness (QED) is 0.0711. The van der Waals surface area contributed by atoms with Gasteiger partial charge in [0, 0.05) is 31.2 Å². The van der Waals surface area contributed by atoms with E-state index in [0.717, 1.165) is 53.0 Å². The molecule has 0 bridgehead atoms. The van der Waals surface area contributed by atoms with Crippen LogP contribution < -0.4 is 53.2 Å². The first kappa shape index (κ1) is 41.7. The number of amides is 1. The molecule has 1 fully saturated rings. The molecule has 2 aromatic carbocycles. The second kappa shape index (κ2) is 17.3. The first-order valence-electron chi connectivity index (χ1n) is 18.9. The smallest absolute Gasteiger partial charge is 0.327 e. The summed E-state index contributed by atoms with van der Waals surface area (Å²) in [5.74, 6) is -0.496. The molecule has 19 heteroatoms. The van der Waals surface area contributed by atoms with Gasteiger partial charge in [0.1, 0.15) is 17.5 Å². The highest BCUT2D eigenvalue weighted by atomic mass is 31.2. The van der Waals surface area contributed by atoms with Gasteiger partial charge in [-0.05, 0) is 87.4 Å². The lowest BCUT2D eigenvalue weighted by molar-refractivity contribution is -0.137. The number of anilines is 5. The highest BCUT2D eigenvalue weighted by molar-refractivity contribution is 7.51. The third-order valence-electron chi connectivity index (χ3n) is 9.81. The normalized spacial score (nSPS) is 13.7. The van der Waals surface area contributed by atoms with Crippen molar-refractivity contribution in [2.24, 2.45) is 9.98 Å². The van der Waals surface area contributed by atoms with Gasteiger partial charge < -0.3 is 45.3 Å². The van der Waals surface area contributed by atoms with Crippen molar-refractivity contribution < 1.29 is 29.0 Å². The minimum absolute atomic E-state index is 0.0752. The van der Waals surface area contributed by atoms with Gasteiger partial charge in [-0.3, -0.25) is 23.7 Å². The van der Waals surface area contributed by atoms with E-state index < -0.39 is 31.2 Å². The Balaban J connectivity index is 0.000000196. The van der Waals surface area contributed by atoms with Crippen LogP contribution in [0.15, 0.2) is 43.8 Å². The third-order valence-corrected chi connectivity index (χ3v) is 10.6. The maximum absolute atomic E-state index is 12.5. The molecule has 2 aliphatic heterocycles. The standard InChI is InChI=1S/C22H27N5O3.C17H20N5O5P/c1-13-11-17-18(12-16(13)25-15-8-9-15)27(10-6-4-3-5-7-19(28)29)21-20(26-17)22(30)24-14(2)23-21;1-9-6-12-13(7-10(9)2)22(8-14(23)18-4-5-28(25,26)27)16-15(21-12)17(24)20-11(3)19-16/h11-12,15,25H,2-10H2,1H3,(H,24,30)(H,28,29);6-7H,3-5,8H2,1-2H3,(H,18,23)(H,20,24)(H2,25,26,27). The average Bonchev–Trinajstić information content (AvgIpc) is 3.95. The molecule has 0 saturated heterocycles. The highest BCUT2D eigenvalue weighted by Crippen LogP contribution is 2.40. The lowest BCUT2D eigenvalue weighted by atomic mass is 10.1. The molecule has 2 aromatic heterocycles.